The largest absolute Gasteiger partial charge is 0.477 e. The molecule has 1 rings (SSSR count). The number of amides is 1. The van der Waals surface area contributed by atoms with Crippen LogP contribution in [0.5, 0.6) is 5.88 Å². The van der Waals surface area contributed by atoms with Crippen molar-refractivity contribution in [1.29, 1.82) is 0 Å². The third-order valence-electron chi connectivity index (χ3n) is 3.92. The van der Waals surface area contributed by atoms with Crippen molar-refractivity contribution < 1.29 is 27.4 Å². The second-order valence-electron chi connectivity index (χ2n) is 7.53. The molecular formula is C18H26BrF3N2O3. The highest BCUT2D eigenvalue weighted by Crippen LogP contribution is 2.37. The normalized spacial score (nSPS) is 13.5. The molecule has 0 radical (unpaired) electrons. The van der Waals surface area contributed by atoms with Crippen molar-refractivity contribution >= 4 is 22.0 Å². The number of carbonyl (C=O) groups excluding carboxylic acids is 1. The standard InChI is InChI=1S/C18H26BrF3N2O3/c1-11(2)7-12(5-6-17(3,4)27-16(23)25)10-26-15-14(18(20,21)22)8-13(19)9-24-15/h8-9,11-12H,5-7,10H2,1-4H3,(H2,23,25). The van der Waals surface area contributed by atoms with E-state index in [1.165, 1.54) is 6.20 Å². The summed E-state index contributed by atoms with van der Waals surface area (Å²) in [6.07, 6.45) is -2.27. The topological polar surface area (TPSA) is 74.4 Å². The van der Waals surface area contributed by atoms with Crippen molar-refractivity contribution in [2.75, 3.05) is 6.61 Å². The van der Waals surface area contributed by atoms with Crippen LogP contribution in [0, 0.1) is 11.8 Å². The molecule has 0 aliphatic carbocycles. The van der Waals surface area contributed by atoms with Crippen LogP contribution in [0.1, 0.15) is 52.5 Å². The van der Waals surface area contributed by atoms with Crippen LogP contribution in [0.2, 0.25) is 0 Å². The maximum atomic E-state index is 13.2. The molecule has 0 saturated heterocycles. The molecule has 27 heavy (non-hydrogen) atoms. The fourth-order valence-electron chi connectivity index (χ4n) is 2.75. The molecule has 154 valence electrons. The molecule has 0 aromatic carbocycles. The Morgan fingerprint density at radius 3 is 2.48 bits per heavy atom. The molecule has 1 aromatic heterocycles. The number of hydrogen-bond acceptors (Lipinski definition) is 4. The van der Waals surface area contributed by atoms with Gasteiger partial charge >= 0.3 is 12.3 Å². The fourth-order valence-corrected chi connectivity index (χ4v) is 3.08. The molecule has 1 unspecified atom stereocenters. The lowest BCUT2D eigenvalue weighted by Gasteiger charge is -2.27. The predicted octanol–water partition coefficient (Wildman–Crippen LogP) is 5.56. The molecular weight excluding hydrogens is 429 g/mol. The van der Waals surface area contributed by atoms with E-state index in [2.05, 4.69) is 20.9 Å². The van der Waals surface area contributed by atoms with Crippen LogP contribution in [0.15, 0.2) is 16.7 Å². The number of carbonyl (C=O) groups is 1. The van der Waals surface area contributed by atoms with E-state index in [1.54, 1.807) is 13.8 Å². The van der Waals surface area contributed by atoms with Gasteiger partial charge in [-0.05, 0) is 66.9 Å². The van der Waals surface area contributed by atoms with Crippen molar-refractivity contribution in [1.82, 2.24) is 4.98 Å². The number of aromatic nitrogens is 1. The van der Waals surface area contributed by atoms with E-state index < -0.39 is 29.3 Å². The van der Waals surface area contributed by atoms with E-state index in [0.717, 1.165) is 12.5 Å². The van der Waals surface area contributed by atoms with E-state index in [1.807, 2.05) is 13.8 Å². The SMILES string of the molecule is CC(C)CC(CCC(C)(C)OC(N)=O)COc1ncc(Br)cc1C(F)(F)F. The molecule has 1 heterocycles. The maximum absolute atomic E-state index is 13.2. The number of halogens is 4. The van der Waals surface area contributed by atoms with Gasteiger partial charge in [-0.1, -0.05) is 13.8 Å². The summed E-state index contributed by atoms with van der Waals surface area (Å²) in [6, 6.07) is 0.948. The number of pyridine rings is 1. The first-order valence-electron chi connectivity index (χ1n) is 8.64. The van der Waals surface area contributed by atoms with Crippen molar-refractivity contribution in [3.05, 3.63) is 22.3 Å². The average molecular weight is 455 g/mol. The van der Waals surface area contributed by atoms with Crippen molar-refractivity contribution in [3.8, 4) is 5.88 Å². The number of alkyl halides is 3. The Bertz CT molecular complexity index is 637. The molecule has 0 bridgehead atoms. The molecule has 1 amide bonds. The summed E-state index contributed by atoms with van der Waals surface area (Å²) in [5, 5.41) is 0. The smallest absolute Gasteiger partial charge is 0.421 e. The Hall–Kier alpha value is -1.51. The Balaban J connectivity index is 2.83. The van der Waals surface area contributed by atoms with Gasteiger partial charge in [-0.2, -0.15) is 13.2 Å². The molecule has 0 saturated carbocycles. The molecule has 9 heteroatoms. The third-order valence-corrected chi connectivity index (χ3v) is 4.35. The first-order valence-corrected chi connectivity index (χ1v) is 9.43. The van der Waals surface area contributed by atoms with Gasteiger partial charge in [0, 0.05) is 10.7 Å². The number of nitrogens with zero attached hydrogens (tertiary/aromatic N) is 1. The van der Waals surface area contributed by atoms with Gasteiger partial charge in [0.2, 0.25) is 5.88 Å². The van der Waals surface area contributed by atoms with Crippen LogP contribution in [0.3, 0.4) is 0 Å². The maximum Gasteiger partial charge on any atom is 0.421 e. The first-order chi connectivity index (χ1) is 12.3. The molecule has 0 fully saturated rings. The third kappa shape index (κ3) is 8.81. The zero-order valence-corrected chi connectivity index (χ0v) is 17.5. The van der Waals surface area contributed by atoms with Crippen molar-refractivity contribution in [3.63, 3.8) is 0 Å². The summed E-state index contributed by atoms with van der Waals surface area (Å²) in [6.45, 7) is 7.61. The lowest BCUT2D eigenvalue weighted by Crippen LogP contribution is -2.32. The number of nitrogens with two attached hydrogens (primary N) is 1. The monoisotopic (exact) mass is 454 g/mol. The van der Waals surface area contributed by atoms with E-state index in [0.29, 0.717) is 18.8 Å². The Kier molecular flexibility index (Phi) is 8.38. The second-order valence-corrected chi connectivity index (χ2v) is 8.45. The van der Waals surface area contributed by atoms with Crippen LogP contribution in [-0.2, 0) is 10.9 Å². The fraction of sp³-hybridized carbons (Fsp3) is 0.667. The number of ether oxygens (including phenoxy) is 2. The van der Waals surface area contributed by atoms with Gasteiger partial charge in [-0.25, -0.2) is 9.78 Å². The summed E-state index contributed by atoms with van der Waals surface area (Å²) in [7, 11) is 0. The molecule has 0 spiro atoms. The highest BCUT2D eigenvalue weighted by Gasteiger charge is 2.36. The lowest BCUT2D eigenvalue weighted by atomic mass is 9.89. The van der Waals surface area contributed by atoms with Gasteiger partial charge in [0.25, 0.3) is 0 Å². The molecule has 2 N–H and O–H groups in total. The van der Waals surface area contributed by atoms with E-state index in [-0.39, 0.29) is 17.0 Å². The van der Waals surface area contributed by atoms with Gasteiger partial charge in [0.05, 0.1) is 6.61 Å². The van der Waals surface area contributed by atoms with E-state index in [4.69, 9.17) is 15.2 Å². The highest BCUT2D eigenvalue weighted by molar-refractivity contribution is 9.10. The Morgan fingerprint density at radius 1 is 1.33 bits per heavy atom. The average Bonchev–Trinajstić information content (AvgIpc) is 2.48. The zero-order valence-electron chi connectivity index (χ0n) is 15.9. The minimum absolute atomic E-state index is 0.0210. The molecule has 0 aliphatic rings. The quantitative estimate of drug-likeness (QED) is 0.529. The van der Waals surface area contributed by atoms with Crippen LogP contribution < -0.4 is 10.5 Å². The van der Waals surface area contributed by atoms with Gasteiger partial charge < -0.3 is 15.2 Å². The van der Waals surface area contributed by atoms with Gasteiger partial charge in [-0.3, -0.25) is 0 Å². The Morgan fingerprint density at radius 2 is 1.96 bits per heavy atom. The minimum Gasteiger partial charge on any atom is -0.477 e. The van der Waals surface area contributed by atoms with Gasteiger partial charge in [0.1, 0.15) is 11.2 Å². The van der Waals surface area contributed by atoms with E-state index >= 15 is 0 Å². The molecule has 0 aliphatic heterocycles. The summed E-state index contributed by atoms with van der Waals surface area (Å²) in [4.78, 5) is 14.7. The summed E-state index contributed by atoms with van der Waals surface area (Å²) in [5.74, 6) is -0.127. The van der Waals surface area contributed by atoms with Gasteiger partial charge in [0.15, 0.2) is 0 Å². The van der Waals surface area contributed by atoms with Crippen LogP contribution in [0.25, 0.3) is 0 Å². The Labute approximate surface area is 165 Å². The second kappa shape index (κ2) is 9.61. The van der Waals surface area contributed by atoms with Gasteiger partial charge in [-0.15, -0.1) is 0 Å². The lowest BCUT2D eigenvalue weighted by molar-refractivity contribution is -0.139. The number of primary amides is 1. The summed E-state index contributed by atoms with van der Waals surface area (Å²) < 4.78 is 50.3. The van der Waals surface area contributed by atoms with Crippen LogP contribution in [-0.4, -0.2) is 23.3 Å². The highest BCUT2D eigenvalue weighted by atomic mass is 79.9. The number of hydrogen-bond donors (Lipinski definition) is 1. The predicted molar refractivity (Wildman–Crippen MR) is 99.4 cm³/mol. The number of rotatable bonds is 9. The van der Waals surface area contributed by atoms with Crippen molar-refractivity contribution in [2.24, 2.45) is 17.6 Å². The summed E-state index contributed by atoms with van der Waals surface area (Å²) >= 11 is 3.00. The van der Waals surface area contributed by atoms with Crippen LogP contribution >= 0.6 is 15.9 Å². The van der Waals surface area contributed by atoms with Crippen LogP contribution in [0.4, 0.5) is 18.0 Å². The first kappa shape index (κ1) is 23.5. The van der Waals surface area contributed by atoms with E-state index in [9.17, 15) is 18.0 Å². The molecule has 1 aromatic rings. The molecule has 1 atom stereocenters. The summed E-state index contributed by atoms with van der Waals surface area (Å²) in [5.41, 5.74) is 3.39. The zero-order chi connectivity index (χ0) is 20.8. The molecule has 5 nitrogen and oxygen atoms in total. The van der Waals surface area contributed by atoms with Crippen molar-refractivity contribution in [2.45, 2.75) is 58.7 Å². The minimum atomic E-state index is -4.56.